The maximum absolute atomic E-state index is 13.1. The fourth-order valence-corrected chi connectivity index (χ4v) is 4.38. The second-order valence-electron chi connectivity index (χ2n) is 8.14. The number of nitrogens with one attached hydrogen (secondary N) is 2. The number of aryl methyl sites for hydroxylation is 1. The summed E-state index contributed by atoms with van der Waals surface area (Å²) in [5.41, 5.74) is 4.81. The Bertz CT molecular complexity index is 1240. The van der Waals surface area contributed by atoms with E-state index in [4.69, 9.17) is 4.74 Å². The molecule has 0 fully saturated rings. The summed E-state index contributed by atoms with van der Waals surface area (Å²) >= 11 is 0. The third kappa shape index (κ3) is 3.45. The summed E-state index contributed by atoms with van der Waals surface area (Å²) in [7, 11) is 1.58. The number of rotatable bonds is 4. The number of hydrogen-bond acceptors (Lipinski definition) is 5. The zero-order valence-corrected chi connectivity index (χ0v) is 18.0. The van der Waals surface area contributed by atoms with E-state index in [1.54, 1.807) is 30.1 Å². The summed E-state index contributed by atoms with van der Waals surface area (Å²) < 4.78 is 7.00. The van der Waals surface area contributed by atoms with Gasteiger partial charge in [0.1, 0.15) is 23.2 Å². The molecule has 0 unspecified atom stereocenters. The fraction of sp³-hybridized carbons (Fsp3) is 0.240. The first kappa shape index (κ1) is 20.1. The van der Waals surface area contributed by atoms with Gasteiger partial charge in [-0.3, -0.25) is 9.59 Å². The highest BCUT2D eigenvalue weighted by molar-refractivity contribution is 6.08. The van der Waals surface area contributed by atoms with E-state index in [1.807, 2.05) is 43.3 Å². The van der Waals surface area contributed by atoms with Gasteiger partial charge in [-0.1, -0.05) is 35.9 Å². The summed E-state index contributed by atoms with van der Waals surface area (Å²) in [4.78, 5) is 26.0. The van der Waals surface area contributed by atoms with Crippen LogP contribution in [0.3, 0.4) is 0 Å². The topological polar surface area (TPSA) is 85.2 Å². The van der Waals surface area contributed by atoms with Crippen molar-refractivity contribution in [2.24, 2.45) is 0 Å². The molecule has 162 valence electrons. The van der Waals surface area contributed by atoms with Crippen molar-refractivity contribution in [3.8, 4) is 5.75 Å². The molecule has 2 N–H and O–H groups in total. The predicted octanol–water partition coefficient (Wildman–Crippen LogP) is 4.47. The summed E-state index contributed by atoms with van der Waals surface area (Å²) in [6.07, 6.45) is 3.65. The molecule has 0 saturated carbocycles. The maximum Gasteiger partial charge on any atom is 0.261 e. The Hall–Kier alpha value is -3.87. The number of allylic oxidation sites excluding steroid dienone is 2. The van der Waals surface area contributed by atoms with E-state index in [2.05, 4.69) is 15.7 Å². The first-order valence-electron chi connectivity index (χ1n) is 10.7. The summed E-state index contributed by atoms with van der Waals surface area (Å²) in [6, 6.07) is 15.0. The molecule has 1 amide bonds. The minimum absolute atomic E-state index is 0.132. The average Bonchev–Trinajstić information content (AvgIpc) is 3.22. The highest BCUT2D eigenvalue weighted by Crippen LogP contribution is 2.41. The number of Topliss-reactive ketones (excluding diaryl/α,β-unsaturated/α-hetero) is 1. The highest BCUT2D eigenvalue weighted by Gasteiger charge is 2.37. The van der Waals surface area contributed by atoms with Crippen LogP contribution >= 0.6 is 0 Å². The van der Waals surface area contributed by atoms with Crippen LogP contribution in [-0.2, 0) is 4.79 Å². The molecule has 32 heavy (non-hydrogen) atoms. The summed E-state index contributed by atoms with van der Waals surface area (Å²) in [6.45, 7) is 2.03. The normalized spacial score (nSPS) is 17.3. The molecule has 0 radical (unpaired) electrons. The molecule has 2 aromatic carbocycles. The second kappa shape index (κ2) is 8.00. The lowest BCUT2D eigenvalue weighted by atomic mass is 9.85. The van der Waals surface area contributed by atoms with Crippen LogP contribution in [0.25, 0.3) is 0 Å². The van der Waals surface area contributed by atoms with E-state index in [0.29, 0.717) is 29.2 Å². The lowest BCUT2D eigenvalue weighted by Crippen LogP contribution is -2.32. The van der Waals surface area contributed by atoms with Crippen LogP contribution in [0.2, 0.25) is 0 Å². The van der Waals surface area contributed by atoms with Crippen LogP contribution in [-0.4, -0.2) is 28.6 Å². The third-order valence-corrected chi connectivity index (χ3v) is 6.00. The number of carbonyl (C=O) groups excluding carboxylic acids is 2. The van der Waals surface area contributed by atoms with Crippen LogP contribution in [0.4, 0.5) is 11.5 Å². The molecule has 2 heterocycles. The molecule has 7 heteroatoms. The Kier molecular flexibility index (Phi) is 5.01. The van der Waals surface area contributed by atoms with Crippen LogP contribution in [0.15, 0.2) is 66.0 Å². The SMILES string of the molecule is COc1cccc(NC(=O)c2cnn3c2NC2=C(C(=O)CCC2)[C@@H]3c2ccc(C)cc2)c1. The second-order valence-corrected chi connectivity index (χ2v) is 8.14. The molecule has 3 aromatic rings. The van der Waals surface area contributed by atoms with Crippen molar-refractivity contribution in [3.05, 3.63) is 82.7 Å². The minimum Gasteiger partial charge on any atom is -0.497 e. The van der Waals surface area contributed by atoms with Crippen LogP contribution < -0.4 is 15.4 Å². The summed E-state index contributed by atoms with van der Waals surface area (Å²) in [5.74, 6) is 1.12. The number of ketones is 1. The number of methoxy groups -OCH3 is 1. The zero-order chi connectivity index (χ0) is 22.2. The van der Waals surface area contributed by atoms with Gasteiger partial charge < -0.3 is 15.4 Å². The molecule has 0 saturated heterocycles. The van der Waals surface area contributed by atoms with Gasteiger partial charge in [-0.25, -0.2) is 4.68 Å². The Labute approximate surface area is 186 Å². The Morgan fingerprint density at radius 2 is 2.00 bits per heavy atom. The monoisotopic (exact) mass is 428 g/mol. The van der Waals surface area contributed by atoms with E-state index in [0.717, 1.165) is 35.2 Å². The molecule has 1 atom stereocenters. The van der Waals surface area contributed by atoms with E-state index in [-0.39, 0.29) is 17.7 Å². The Morgan fingerprint density at radius 1 is 1.19 bits per heavy atom. The molecular weight excluding hydrogens is 404 g/mol. The van der Waals surface area contributed by atoms with Gasteiger partial charge in [0.05, 0.1) is 13.3 Å². The lowest BCUT2D eigenvalue weighted by Gasteiger charge is -2.33. The highest BCUT2D eigenvalue weighted by atomic mass is 16.5. The Balaban J connectivity index is 1.55. The molecule has 1 aromatic heterocycles. The van der Waals surface area contributed by atoms with Crippen LogP contribution in [0, 0.1) is 6.92 Å². The number of ether oxygens (including phenoxy) is 1. The first-order valence-corrected chi connectivity index (χ1v) is 10.7. The number of carbonyl (C=O) groups is 2. The van der Waals surface area contributed by atoms with Gasteiger partial charge in [0.15, 0.2) is 5.78 Å². The Morgan fingerprint density at radius 3 is 2.78 bits per heavy atom. The van der Waals surface area contributed by atoms with Crippen LogP contribution in [0.1, 0.15) is 46.8 Å². The van der Waals surface area contributed by atoms with Crippen molar-refractivity contribution < 1.29 is 14.3 Å². The number of nitrogens with zero attached hydrogens (tertiary/aromatic N) is 2. The lowest BCUT2D eigenvalue weighted by molar-refractivity contribution is -0.116. The van der Waals surface area contributed by atoms with Crippen molar-refractivity contribution in [1.29, 1.82) is 0 Å². The zero-order valence-electron chi connectivity index (χ0n) is 18.0. The van der Waals surface area contributed by atoms with Gasteiger partial charge in [-0.2, -0.15) is 5.10 Å². The van der Waals surface area contributed by atoms with E-state index in [1.165, 1.54) is 0 Å². The number of hydrogen-bond donors (Lipinski definition) is 2. The van der Waals surface area contributed by atoms with E-state index in [9.17, 15) is 9.59 Å². The molecular formula is C25H24N4O3. The number of fused-ring (bicyclic) bond motifs is 1. The number of aromatic nitrogens is 2. The molecule has 5 rings (SSSR count). The quantitative estimate of drug-likeness (QED) is 0.640. The fourth-order valence-electron chi connectivity index (χ4n) is 4.38. The molecule has 7 nitrogen and oxygen atoms in total. The third-order valence-electron chi connectivity index (χ3n) is 6.00. The van der Waals surface area contributed by atoms with E-state index >= 15 is 0 Å². The van der Waals surface area contributed by atoms with Crippen molar-refractivity contribution >= 4 is 23.2 Å². The number of amides is 1. The largest absolute Gasteiger partial charge is 0.497 e. The smallest absolute Gasteiger partial charge is 0.261 e. The van der Waals surface area contributed by atoms with Gasteiger partial charge in [0, 0.05) is 29.4 Å². The van der Waals surface area contributed by atoms with Crippen molar-refractivity contribution in [2.45, 2.75) is 32.2 Å². The van der Waals surface area contributed by atoms with Gasteiger partial charge in [-0.15, -0.1) is 0 Å². The van der Waals surface area contributed by atoms with Gasteiger partial charge in [-0.05, 0) is 37.5 Å². The predicted molar refractivity (Wildman–Crippen MR) is 122 cm³/mol. The maximum atomic E-state index is 13.1. The molecule has 0 spiro atoms. The molecule has 2 aliphatic rings. The van der Waals surface area contributed by atoms with E-state index < -0.39 is 0 Å². The first-order chi connectivity index (χ1) is 15.5. The minimum atomic E-state index is -0.354. The standard InChI is InChI=1S/C25H24N4O3/c1-15-9-11-16(12-10-15)23-22-20(7-4-8-21(22)30)28-24-19(14-26-29(23)24)25(31)27-17-5-3-6-18(13-17)32-2/h3,5-6,9-14,23,28H,4,7-8H2,1-2H3,(H,27,31)/t23-/m0/s1. The van der Waals surface area contributed by atoms with Gasteiger partial charge in [0.2, 0.25) is 0 Å². The molecule has 0 bridgehead atoms. The summed E-state index contributed by atoms with van der Waals surface area (Å²) in [5, 5.41) is 10.8. The number of anilines is 2. The van der Waals surface area contributed by atoms with Crippen molar-refractivity contribution in [3.63, 3.8) is 0 Å². The molecule has 1 aliphatic carbocycles. The molecule has 1 aliphatic heterocycles. The van der Waals surface area contributed by atoms with Gasteiger partial charge in [0.25, 0.3) is 5.91 Å². The van der Waals surface area contributed by atoms with Crippen LogP contribution in [0.5, 0.6) is 5.75 Å². The van der Waals surface area contributed by atoms with Crippen molar-refractivity contribution in [1.82, 2.24) is 9.78 Å². The average molecular weight is 428 g/mol. The number of benzene rings is 2. The van der Waals surface area contributed by atoms with Crippen molar-refractivity contribution in [2.75, 3.05) is 17.7 Å². The van der Waals surface area contributed by atoms with Gasteiger partial charge >= 0.3 is 0 Å².